The molecule has 0 amide bonds. The van der Waals surface area contributed by atoms with E-state index in [4.69, 9.17) is 17.3 Å². The highest BCUT2D eigenvalue weighted by Gasteiger charge is 2.13. The van der Waals surface area contributed by atoms with Gasteiger partial charge in [0.05, 0.1) is 16.9 Å². The van der Waals surface area contributed by atoms with Crippen LogP contribution in [-0.2, 0) is 6.42 Å². The number of nitrogens with one attached hydrogen (secondary N) is 3. The van der Waals surface area contributed by atoms with Crippen LogP contribution in [0.4, 0.5) is 11.6 Å². The number of fused-ring (bicyclic) bond motifs is 2. The Morgan fingerprint density at radius 2 is 1.93 bits per heavy atom. The van der Waals surface area contributed by atoms with E-state index in [0.29, 0.717) is 23.2 Å². The minimum atomic E-state index is 0. The van der Waals surface area contributed by atoms with Gasteiger partial charge in [0, 0.05) is 39.6 Å². The normalized spacial score (nSPS) is 11.0. The van der Waals surface area contributed by atoms with Crippen LogP contribution in [0, 0.1) is 0 Å². The molecule has 2 aromatic carbocycles. The van der Waals surface area contributed by atoms with E-state index in [-0.39, 0.29) is 12.4 Å². The Bertz CT molecular complexity index is 1320. The van der Waals surface area contributed by atoms with Crippen LogP contribution in [-0.4, -0.2) is 26.5 Å². The predicted molar refractivity (Wildman–Crippen MR) is 126 cm³/mol. The highest BCUT2D eigenvalue weighted by molar-refractivity contribution is 6.33. The highest BCUT2D eigenvalue weighted by atomic mass is 35.5. The molecule has 0 aliphatic heterocycles. The summed E-state index contributed by atoms with van der Waals surface area (Å²) in [5, 5.41) is 6.00. The molecule has 5 N–H and O–H groups in total. The van der Waals surface area contributed by atoms with E-state index >= 15 is 0 Å². The molecule has 8 heteroatoms. The number of nitrogens with two attached hydrogens (primary N) is 1. The molecule has 0 saturated carbocycles. The third kappa shape index (κ3) is 3.73. The predicted octanol–water partition coefficient (Wildman–Crippen LogP) is 5.43. The fraction of sp³-hybridized carbons (Fsp3) is 0.0909. The summed E-state index contributed by atoms with van der Waals surface area (Å²) in [5.41, 5.74) is 11.4. The number of H-pyrrole nitrogens is 2. The van der Waals surface area contributed by atoms with Crippen molar-refractivity contribution in [3.05, 3.63) is 71.6 Å². The number of aromatic nitrogens is 4. The van der Waals surface area contributed by atoms with E-state index in [9.17, 15) is 0 Å². The van der Waals surface area contributed by atoms with Gasteiger partial charge in [-0.1, -0.05) is 35.9 Å². The van der Waals surface area contributed by atoms with E-state index in [1.807, 2.05) is 42.6 Å². The van der Waals surface area contributed by atoms with Crippen molar-refractivity contribution in [2.45, 2.75) is 6.42 Å². The van der Waals surface area contributed by atoms with Gasteiger partial charge in [0.15, 0.2) is 0 Å². The van der Waals surface area contributed by atoms with Crippen molar-refractivity contribution in [3.8, 4) is 11.3 Å². The standard InChI is InChI=1S/C22H19ClN6.ClH/c23-18-12-26-22(29-21(18)17-11-25-19-4-2-1-3-16(17)19)28-14-6-5-13-9-15(7-8-24)27-20(13)10-14;/h1-6,9-12,25,27H,7-8,24H2,(H,26,28,29);1H. The molecule has 0 spiro atoms. The summed E-state index contributed by atoms with van der Waals surface area (Å²) in [4.78, 5) is 15.7. The highest BCUT2D eigenvalue weighted by Crippen LogP contribution is 2.32. The molecule has 0 bridgehead atoms. The van der Waals surface area contributed by atoms with Crippen LogP contribution in [0.15, 0.2) is 60.9 Å². The van der Waals surface area contributed by atoms with Gasteiger partial charge in [0.25, 0.3) is 0 Å². The Balaban J connectivity index is 0.00000218. The minimum absolute atomic E-state index is 0. The maximum absolute atomic E-state index is 6.42. The first-order valence-electron chi connectivity index (χ1n) is 9.39. The number of aromatic amines is 2. The van der Waals surface area contributed by atoms with Crippen molar-refractivity contribution in [2.75, 3.05) is 11.9 Å². The number of benzene rings is 2. The third-order valence-electron chi connectivity index (χ3n) is 4.94. The topological polar surface area (TPSA) is 95.4 Å². The Morgan fingerprint density at radius 1 is 1.07 bits per heavy atom. The van der Waals surface area contributed by atoms with Gasteiger partial charge in [-0.3, -0.25) is 0 Å². The number of nitrogens with zero attached hydrogens (tertiary/aromatic N) is 2. The second-order valence-corrected chi connectivity index (χ2v) is 7.31. The summed E-state index contributed by atoms with van der Waals surface area (Å²) < 4.78 is 0. The average Bonchev–Trinajstić information content (AvgIpc) is 3.33. The molecule has 5 aromatic rings. The summed E-state index contributed by atoms with van der Waals surface area (Å²) in [5.74, 6) is 0.489. The van der Waals surface area contributed by atoms with Crippen LogP contribution in [0.1, 0.15) is 5.69 Å². The number of anilines is 2. The lowest BCUT2D eigenvalue weighted by atomic mass is 10.1. The van der Waals surface area contributed by atoms with Crippen molar-refractivity contribution < 1.29 is 0 Å². The maximum Gasteiger partial charge on any atom is 0.227 e. The molecule has 3 heterocycles. The van der Waals surface area contributed by atoms with Gasteiger partial charge in [0.1, 0.15) is 0 Å². The molecule has 0 saturated heterocycles. The summed E-state index contributed by atoms with van der Waals surface area (Å²) in [6, 6.07) is 16.3. The van der Waals surface area contributed by atoms with Crippen molar-refractivity contribution >= 4 is 57.4 Å². The maximum atomic E-state index is 6.42. The molecule has 0 aliphatic carbocycles. The number of hydrogen-bond acceptors (Lipinski definition) is 4. The van der Waals surface area contributed by atoms with Crippen molar-refractivity contribution in [2.24, 2.45) is 5.73 Å². The first-order chi connectivity index (χ1) is 14.2. The lowest BCUT2D eigenvalue weighted by Crippen LogP contribution is -2.02. The molecule has 5 rings (SSSR count). The van der Waals surface area contributed by atoms with Crippen LogP contribution < -0.4 is 11.1 Å². The second-order valence-electron chi connectivity index (χ2n) is 6.90. The number of rotatable bonds is 5. The third-order valence-corrected chi connectivity index (χ3v) is 5.21. The minimum Gasteiger partial charge on any atom is -0.360 e. The van der Waals surface area contributed by atoms with Crippen molar-refractivity contribution in [3.63, 3.8) is 0 Å². The van der Waals surface area contributed by atoms with E-state index in [0.717, 1.165) is 45.2 Å². The zero-order chi connectivity index (χ0) is 19.8. The molecule has 6 nitrogen and oxygen atoms in total. The molecule has 0 fully saturated rings. The smallest absolute Gasteiger partial charge is 0.227 e. The zero-order valence-electron chi connectivity index (χ0n) is 15.9. The Kier molecular flexibility index (Phi) is 5.63. The van der Waals surface area contributed by atoms with Gasteiger partial charge in [-0.05, 0) is 42.6 Å². The van der Waals surface area contributed by atoms with Gasteiger partial charge in [-0.15, -0.1) is 12.4 Å². The molecule has 3 aromatic heterocycles. The first kappa shape index (κ1) is 20.2. The molecular formula is C22H20Cl2N6. The van der Waals surface area contributed by atoms with Gasteiger partial charge < -0.3 is 21.0 Å². The fourth-order valence-corrected chi connectivity index (χ4v) is 3.76. The van der Waals surface area contributed by atoms with E-state index in [2.05, 4.69) is 37.4 Å². The van der Waals surface area contributed by atoms with E-state index in [1.54, 1.807) is 6.20 Å². The largest absolute Gasteiger partial charge is 0.360 e. The summed E-state index contributed by atoms with van der Waals surface area (Å²) in [7, 11) is 0. The Hall–Kier alpha value is -3.06. The quantitative estimate of drug-likeness (QED) is 0.294. The van der Waals surface area contributed by atoms with Crippen LogP contribution >= 0.6 is 24.0 Å². The molecular weight excluding hydrogens is 419 g/mol. The zero-order valence-corrected chi connectivity index (χ0v) is 17.5. The average molecular weight is 439 g/mol. The number of halogens is 2. The van der Waals surface area contributed by atoms with Crippen molar-refractivity contribution in [1.82, 2.24) is 19.9 Å². The molecule has 30 heavy (non-hydrogen) atoms. The molecule has 0 aliphatic rings. The Labute approximate surface area is 184 Å². The van der Waals surface area contributed by atoms with E-state index < -0.39 is 0 Å². The van der Waals surface area contributed by atoms with Crippen LogP contribution in [0.3, 0.4) is 0 Å². The van der Waals surface area contributed by atoms with E-state index in [1.165, 1.54) is 0 Å². The van der Waals surface area contributed by atoms with Gasteiger partial charge in [0.2, 0.25) is 5.95 Å². The summed E-state index contributed by atoms with van der Waals surface area (Å²) >= 11 is 6.42. The molecule has 152 valence electrons. The monoisotopic (exact) mass is 438 g/mol. The van der Waals surface area contributed by atoms with Crippen LogP contribution in [0.2, 0.25) is 5.02 Å². The summed E-state index contributed by atoms with van der Waals surface area (Å²) in [6.07, 6.45) is 4.37. The molecule has 0 atom stereocenters. The van der Waals surface area contributed by atoms with Gasteiger partial charge >= 0.3 is 0 Å². The number of hydrogen-bond donors (Lipinski definition) is 4. The Morgan fingerprint density at radius 3 is 2.80 bits per heavy atom. The SMILES string of the molecule is Cl.NCCc1cc2ccc(Nc3ncc(Cl)c(-c4c[nH]c5ccccc45)n3)cc2[nH]1. The van der Waals surface area contributed by atoms with Crippen molar-refractivity contribution in [1.29, 1.82) is 0 Å². The lowest BCUT2D eigenvalue weighted by Gasteiger charge is -2.08. The summed E-state index contributed by atoms with van der Waals surface area (Å²) in [6.45, 7) is 0.618. The second kappa shape index (κ2) is 8.36. The fourth-order valence-electron chi connectivity index (χ4n) is 3.57. The van der Waals surface area contributed by atoms with Crippen LogP contribution in [0.25, 0.3) is 33.1 Å². The number of para-hydroxylation sites is 1. The van der Waals surface area contributed by atoms with Gasteiger partial charge in [-0.2, -0.15) is 0 Å². The van der Waals surface area contributed by atoms with Gasteiger partial charge in [-0.25, -0.2) is 9.97 Å². The first-order valence-corrected chi connectivity index (χ1v) is 9.77. The molecule has 0 radical (unpaired) electrons. The lowest BCUT2D eigenvalue weighted by molar-refractivity contribution is 0.940. The molecule has 0 unspecified atom stereocenters. The van der Waals surface area contributed by atoms with Crippen LogP contribution in [0.5, 0.6) is 0 Å².